The Balaban J connectivity index is 1.71. The molecule has 0 fully saturated rings. The minimum atomic E-state index is -0.347. The van der Waals surface area contributed by atoms with Crippen LogP contribution in [0.3, 0.4) is 0 Å². The van der Waals surface area contributed by atoms with Crippen LogP contribution >= 0.6 is 23.2 Å². The Labute approximate surface area is 167 Å². The van der Waals surface area contributed by atoms with E-state index in [0.29, 0.717) is 27.2 Å². The second-order valence-electron chi connectivity index (χ2n) is 5.84. The largest absolute Gasteiger partial charge is 0.444 e. The summed E-state index contributed by atoms with van der Waals surface area (Å²) >= 11 is 11.9. The summed E-state index contributed by atoms with van der Waals surface area (Å²) in [5, 5.41) is 3.66. The molecule has 5 nitrogen and oxygen atoms in total. The molecule has 0 atom stereocenters. The van der Waals surface area contributed by atoms with Crippen molar-refractivity contribution in [2.24, 2.45) is 0 Å². The van der Waals surface area contributed by atoms with Gasteiger partial charge in [0.2, 0.25) is 5.89 Å². The lowest BCUT2D eigenvalue weighted by Crippen LogP contribution is -2.21. The van der Waals surface area contributed by atoms with E-state index in [-0.39, 0.29) is 11.6 Å². The molecule has 1 N–H and O–H groups in total. The van der Waals surface area contributed by atoms with Crippen LogP contribution in [0.5, 0.6) is 0 Å². The molecule has 2 aromatic carbocycles. The van der Waals surface area contributed by atoms with Crippen molar-refractivity contribution in [2.45, 2.75) is 13.8 Å². The first-order valence-corrected chi connectivity index (χ1v) is 9.34. The summed E-state index contributed by atoms with van der Waals surface area (Å²) < 4.78 is 5.40. The Morgan fingerprint density at radius 3 is 2.41 bits per heavy atom. The third-order valence-corrected chi connectivity index (χ3v) is 4.90. The van der Waals surface area contributed by atoms with Gasteiger partial charge in [-0.25, -0.2) is 4.98 Å². The number of halogens is 2. The van der Waals surface area contributed by atoms with E-state index in [1.54, 1.807) is 18.2 Å². The number of amides is 1. The fourth-order valence-electron chi connectivity index (χ4n) is 2.68. The highest BCUT2D eigenvalue weighted by Crippen LogP contribution is 2.28. The van der Waals surface area contributed by atoms with Crippen molar-refractivity contribution < 1.29 is 9.21 Å². The summed E-state index contributed by atoms with van der Waals surface area (Å²) in [6.07, 6.45) is 1.32. The molecule has 0 aliphatic rings. The smallest absolute Gasteiger partial charge is 0.277 e. The predicted molar refractivity (Wildman–Crippen MR) is 110 cm³/mol. The Hall–Kier alpha value is -2.50. The van der Waals surface area contributed by atoms with Crippen molar-refractivity contribution in [1.82, 2.24) is 4.98 Å². The average Bonchev–Trinajstić information content (AvgIpc) is 3.17. The molecule has 0 spiro atoms. The van der Waals surface area contributed by atoms with Gasteiger partial charge in [-0.05, 0) is 56.3 Å². The van der Waals surface area contributed by atoms with E-state index in [4.69, 9.17) is 27.6 Å². The van der Waals surface area contributed by atoms with E-state index in [1.807, 2.05) is 24.3 Å². The Morgan fingerprint density at radius 2 is 1.78 bits per heavy atom. The normalized spacial score (nSPS) is 10.7. The van der Waals surface area contributed by atoms with Crippen molar-refractivity contribution in [3.05, 3.63) is 64.5 Å². The van der Waals surface area contributed by atoms with Crippen molar-refractivity contribution >= 4 is 40.5 Å². The van der Waals surface area contributed by atoms with Crippen LogP contribution in [0.25, 0.3) is 11.5 Å². The van der Waals surface area contributed by atoms with Gasteiger partial charge in [-0.1, -0.05) is 23.2 Å². The van der Waals surface area contributed by atoms with Crippen LogP contribution in [-0.4, -0.2) is 24.0 Å². The van der Waals surface area contributed by atoms with Gasteiger partial charge in [0.1, 0.15) is 6.26 Å². The standard InChI is InChI=1S/C20H19Cl2N3O2/c1-3-25(4-2)15-8-6-14(7-9-15)23-19(26)18-12-27-20(24-18)13-5-10-16(21)17(22)11-13/h5-12H,3-4H2,1-2H3,(H,23,26). The number of rotatable bonds is 6. The van der Waals surface area contributed by atoms with Crippen molar-refractivity contribution in [2.75, 3.05) is 23.3 Å². The number of nitrogens with one attached hydrogen (secondary N) is 1. The number of carbonyl (C=O) groups is 1. The van der Waals surface area contributed by atoms with Crippen LogP contribution in [0.1, 0.15) is 24.3 Å². The zero-order chi connectivity index (χ0) is 19.4. The number of hydrogen-bond donors (Lipinski definition) is 1. The molecule has 0 aliphatic heterocycles. The molecule has 3 rings (SSSR count). The first-order valence-electron chi connectivity index (χ1n) is 8.59. The second-order valence-corrected chi connectivity index (χ2v) is 6.65. The topological polar surface area (TPSA) is 58.4 Å². The molecule has 0 saturated heterocycles. The van der Waals surface area contributed by atoms with E-state index in [2.05, 4.69) is 29.0 Å². The third kappa shape index (κ3) is 4.43. The number of anilines is 2. The molecule has 140 valence electrons. The van der Waals surface area contributed by atoms with Gasteiger partial charge in [0, 0.05) is 30.0 Å². The van der Waals surface area contributed by atoms with Gasteiger partial charge in [0.05, 0.1) is 10.0 Å². The third-order valence-electron chi connectivity index (χ3n) is 4.16. The van der Waals surface area contributed by atoms with Gasteiger partial charge in [0.25, 0.3) is 5.91 Å². The maximum absolute atomic E-state index is 12.4. The quantitative estimate of drug-likeness (QED) is 0.569. The van der Waals surface area contributed by atoms with Crippen LogP contribution in [-0.2, 0) is 0 Å². The van der Waals surface area contributed by atoms with Gasteiger partial charge < -0.3 is 14.6 Å². The highest BCUT2D eigenvalue weighted by molar-refractivity contribution is 6.42. The lowest BCUT2D eigenvalue weighted by Gasteiger charge is -2.21. The molecule has 0 radical (unpaired) electrons. The first-order chi connectivity index (χ1) is 13.0. The first kappa shape index (κ1) is 19.3. The van der Waals surface area contributed by atoms with E-state index < -0.39 is 0 Å². The van der Waals surface area contributed by atoms with Crippen molar-refractivity contribution in [1.29, 1.82) is 0 Å². The number of nitrogens with zero attached hydrogens (tertiary/aromatic N) is 2. The molecule has 27 heavy (non-hydrogen) atoms. The molecule has 3 aromatic rings. The van der Waals surface area contributed by atoms with E-state index in [0.717, 1.165) is 18.8 Å². The molecular weight excluding hydrogens is 385 g/mol. The number of carbonyl (C=O) groups excluding carboxylic acids is 1. The number of aromatic nitrogens is 1. The lowest BCUT2D eigenvalue weighted by molar-refractivity contribution is 0.102. The molecule has 1 aromatic heterocycles. The molecule has 7 heteroatoms. The molecule has 1 heterocycles. The second kappa shape index (κ2) is 8.46. The number of hydrogen-bond acceptors (Lipinski definition) is 4. The summed E-state index contributed by atoms with van der Waals surface area (Å²) in [4.78, 5) is 18.9. The highest BCUT2D eigenvalue weighted by Gasteiger charge is 2.15. The van der Waals surface area contributed by atoms with E-state index in [1.165, 1.54) is 6.26 Å². The lowest BCUT2D eigenvalue weighted by atomic mass is 10.2. The van der Waals surface area contributed by atoms with E-state index >= 15 is 0 Å². The van der Waals surface area contributed by atoms with Gasteiger partial charge in [-0.2, -0.15) is 0 Å². The monoisotopic (exact) mass is 403 g/mol. The summed E-state index contributed by atoms with van der Waals surface area (Å²) in [6, 6.07) is 12.7. The summed E-state index contributed by atoms with van der Waals surface area (Å²) in [7, 11) is 0. The SMILES string of the molecule is CCN(CC)c1ccc(NC(=O)c2coc(-c3ccc(Cl)c(Cl)c3)n2)cc1. The minimum Gasteiger partial charge on any atom is -0.444 e. The van der Waals surface area contributed by atoms with Crippen molar-refractivity contribution in [3.8, 4) is 11.5 Å². The fourth-order valence-corrected chi connectivity index (χ4v) is 2.98. The number of benzene rings is 2. The Morgan fingerprint density at radius 1 is 1.07 bits per heavy atom. The zero-order valence-electron chi connectivity index (χ0n) is 15.0. The molecule has 1 amide bonds. The van der Waals surface area contributed by atoms with Crippen molar-refractivity contribution in [3.63, 3.8) is 0 Å². The molecule has 0 aliphatic carbocycles. The summed E-state index contributed by atoms with van der Waals surface area (Å²) in [5.74, 6) is -0.0451. The molecule has 0 unspecified atom stereocenters. The maximum Gasteiger partial charge on any atom is 0.277 e. The van der Waals surface area contributed by atoms with Crippen LogP contribution in [0.15, 0.2) is 53.1 Å². The van der Waals surface area contributed by atoms with Crippen LogP contribution in [0.2, 0.25) is 10.0 Å². The van der Waals surface area contributed by atoms with E-state index in [9.17, 15) is 4.79 Å². The minimum absolute atomic E-state index is 0.184. The Bertz CT molecular complexity index is 935. The molecular formula is C20H19Cl2N3O2. The van der Waals surface area contributed by atoms with Crippen LogP contribution in [0.4, 0.5) is 11.4 Å². The summed E-state index contributed by atoms with van der Waals surface area (Å²) in [6.45, 7) is 6.07. The van der Waals surface area contributed by atoms with Crippen LogP contribution in [0, 0.1) is 0 Å². The van der Waals surface area contributed by atoms with Gasteiger partial charge in [-0.15, -0.1) is 0 Å². The predicted octanol–water partition coefficient (Wildman–Crippen LogP) is 5.75. The Kier molecular flexibility index (Phi) is 6.04. The highest BCUT2D eigenvalue weighted by atomic mass is 35.5. The fraction of sp³-hybridized carbons (Fsp3) is 0.200. The van der Waals surface area contributed by atoms with Crippen LogP contribution < -0.4 is 10.2 Å². The molecule has 0 bridgehead atoms. The summed E-state index contributed by atoms with van der Waals surface area (Å²) in [5.41, 5.74) is 2.63. The van der Waals surface area contributed by atoms with Gasteiger partial charge >= 0.3 is 0 Å². The maximum atomic E-state index is 12.4. The zero-order valence-corrected chi connectivity index (χ0v) is 16.5. The molecule has 0 saturated carbocycles. The van der Waals surface area contributed by atoms with Gasteiger partial charge in [-0.3, -0.25) is 4.79 Å². The average molecular weight is 404 g/mol. The van der Waals surface area contributed by atoms with Gasteiger partial charge in [0.15, 0.2) is 5.69 Å². The number of oxazole rings is 1.